The van der Waals surface area contributed by atoms with Crippen LogP contribution < -0.4 is 16.0 Å². The molecule has 10 nitrogen and oxygen atoms in total. The first-order valence-electron chi connectivity index (χ1n) is 13.3. The first-order valence-corrected chi connectivity index (χ1v) is 13.3. The Kier molecular flexibility index (Phi) is 13.2. The monoisotopic (exact) mass is 543 g/mol. The second-order valence-electron chi connectivity index (χ2n) is 9.94. The molecule has 1 aliphatic rings. The predicted octanol–water partition coefficient (Wildman–Crippen LogP) is 2.91. The first-order chi connectivity index (χ1) is 18.7. The maximum atomic E-state index is 13.2. The molecule has 1 saturated carbocycles. The van der Waals surface area contributed by atoms with E-state index in [0.29, 0.717) is 19.3 Å². The van der Waals surface area contributed by atoms with Gasteiger partial charge in [0.1, 0.15) is 19.3 Å². The smallest absolute Gasteiger partial charge is 0.408 e. The summed E-state index contributed by atoms with van der Waals surface area (Å²) in [6, 6.07) is 7.75. The summed E-state index contributed by atoms with van der Waals surface area (Å²) < 4.78 is 10.8. The highest BCUT2D eigenvalue weighted by Crippen LogP contribution is 2.31. The Labute approximate surface area is 230 Å². The molecule has 0 saturated heterocycles. The molecule has 3 unspecified atom stereocenters. The molecule has 1 aromatic carbocycles. The average molecular weight is 544 g/mol. The zero-order valence-corrected chi connectivity index (χ0v) is 22.7. The largest absolute Gasteiger partial charge is 0.462 e. The number of carbonyl (C=O) groups is 4. The fourth-order valence-corrected chi connectivity index (χ4v) is 4.41. The third kappa shape index (κ3) is 10.9. The molecule has 0 radical (unpaired) electrons. The molecular formula is C29H41N3O7. The maximum Gasteiger partial charge on any atom is 0.408 e. The molecule has 0 aliphatic heterocycles. The van der Waals surface area contributed by atoms with Gasteiger partial charge in [-0.3, -0.25) is 9.59 Å². The normalized spacial score (nSPS) is 16.2. The third-order valence-corrected chi connectivity index (χ3v) is 6.57. The number of aliphatic hydroxyl groups excluding tert-OH is 1. The van der Waals surface area contributed by atoms with Crippen LogP contribution in [0.25, 0.3) is 0 Å². The van der Waals surface area contributed by atoms with Gasteiger partial charge in [0, 0.05) is 12.5 Å². The van der Waals surface area contributed by atoms with Crippen molar-refractivity contribution in [1.82, 2.24) is 16.0 Å². The summed E-state index contributed by atoms with van der Waals surface area (Å²) in [7, 11) is 0. The van der Waals surface area contributed by atoms with Crippen LogP contribution in [0.5, 0.6) is 0 Å². The molecule has 1 aromatic rings. The standard InChI is InChI=1S/C29H41N3O7/c1-4-11-23(17-25(34)30-21(3)18-33)26(35)32-29(15-9-10-16-29)20-39-27(36)24(12-5-2)31-28(37)38-19-22-13-7-6-8-14-22/h4-8,13-14,21,23-24,33H,1-2,9-12,15-20H2,3H3,(H,30,34)(H,31,37)(H,32,35). The van der Waals surface area contributed by atoms with Gasteiger partial charge in [-0.25, -0.2) is 9.59 Å². The maximum absolute atomic E-state index is 13.2. The number of carbonyl (C=O) groups excluding carboxylic acids is 4. The van der Waals surface area contributed by atoms with E-state index in [1.165, 1.54) is 6.08 Å². The van der Waals surface area contributed by atoms with Gasteiger partial charge in [-0.15, -0.1) is 13.2 Å². The van der Waals surface area contributed by atoms with Gasteiger partial charge in [0.2, 0.25) is 11.8 Å². The highest BCUT2D eigenvalue weighted by Gasteiger charge is 2.39. The fourth-order valence-electron chi connectivity index (χ4n) is 4.41. The molecule has 0 bridgehead atoms. The highest BCUT2D eigenvalue weighted by molar-refractivity contribution is 5.86. The number of benzene rings is 1. The number of esters is 1. The minimum Gasteiger partial charge on any atom is -0.462 e. The lowest BCUT2D eigenvalue weighted by molar-refractivity contribution is -0.149. The van der Waals surface area contributed by atoms with Crippen LogP contribution in [0.1, 0.15) is 57.4 Å². The van der Waals surface area contributed by atoms with E-state index in [-0.39, 0.29) is 44.5 Å². The molecular weight excluding hydrogens is 502 g/mol. The molecule has 0 aromatic heterocycles. The van der Waals surface area contributed by atoms with Crippen molar-refractivity contribution in [1.29, 1.82) is 0 Å². The fraction of sp³-hybridized carbons (Fsp3) is 0.517. The summed E-state index contributed by atoms with van der Waals surface area (Å²) in [6.07, 6.45) is 5.60. The summed E-state index contributed by atoms with van der Waals surface area (Å²) >= 11 is 0. The molecule has 39 heavy (non-hydrogen) atoms. The van der Waals surface area contributed by atoms with Crippen molar-refractivity contribution in [2.75, 3.05) is 13.2 Å². The minimum absolute atomic E-state index is 0.0560. The van der Waals surface area contributed by atoms with E-state index in [0.717, 1.165) is 18.4 Å². The Morgan fingerprint density at radius 3 is 2.31 bits per heavy atom. The van der Waals surface area contributed by atoms with Crippen molar-refractivity contribution >= 4 is 23.9 Å². The quantitative estimate of drug-likeness (QED) is 0.185. The summed E-state index contributed by atoms with van der Waals surface area (Å²) in [4.78, 5) is 50.7. The van der Waals surface area contributed by atoms with Crippen LogP contribution in [0.2, 0.25) is 0 Å². The van der Waals surface area contributed by atoms with Crippen molar-refractivity contribution in [2.45, 2.75) is 76.1 Å². The lowest BCUT2D eigenvalue weighted by Crippen LogP contribution is -2.53. The van der Waals surface area contributed by atoms with E-state index in [4.69, 9.17) is 14.6 Å². The van der Waals surface area contributed by atoms with Gasteiger partial charge in [0.25, 0.3) is 0 Å². The zero-order valence-electron chi connectivity index (χ0n) is 22.7. The Morgan fingerprint density at radius 2 is 1.69 bits per heavy atom. The van der Waals surface area contributed by atoms with Crippen molar-refractivity contribution < 1.29 is 33.8 Å². The lowest BCUT2D eigenvalue weighted by Gasteiger charge is -2.32. The van der Waals surface area contributed by atoms with E-state index in [2.05, 4.69) is 29.1 Å². The van der Waals surface area contributed by atoms with Crippen molar-refractivity contribution in [3.63, 3.8) is 0 Å². The minimum atomic E-state index is -0.995. The Balaban J connectivity index is 1.97. The number of rotatable bonds is 16. The van der Waals surface area contributed by atoms with Gasteiger partial charge in [0.05, 0.1) is 18.1 Å². The van der Waals surface area contributed by atoms with Gasteiger partial charge in [-0.1, -0.05) is 55.3 Å². The number of allylic oxidation sites excluding steroid dienone is 1. The molecule has 4 N–H and O–H groups in total. The topological polar surface area (TPSA) is 143 Å². The van der Waals surface area contributed by atoms with Gasteiger partial charge >= 0.3 is 12.1 Å². The van der Waals surface area contributed by atoms with Crippen molar-refractivity contribution in [2.24, 2.45) is 5.92 Å². The summed E-state index contributed by atoms with van der Waals surface area (Å²) in [5.41, 5.74) is 0.0395. The van der Waals surface area contributed by atoms with Crippen LogP contribution in [0.4, 0.5) is 4.79 Å². The van der Waals surface area contributed by atoms with Crippen molar-refractivity contribution in [3.05, 3.63) is 61.2 Å². The van der Waals surface area contributed by atoms with Gasteiger partial charge in [0.15, 0.2) is 0 Å². The Hall–Kier alpha value is -3.66. The van der Waals surface area contributed by atoms with E-state index < -0.39 is 35.6 Å². The van der Waals surface area contributed by atoms with Crippen LogP contribution in [0, 0.1) is 5.92 Å². The molecule has 1 aliphatic carbocycles. The highest BCUT2D eigenvalue weighted by atomic mass is 16.6. The van der Waals surface area contributed by atoms with Gasteiger partial charge in [-0.2, -0.15) is 0 Å². The molecule has 3 amide bonds. The van der Waals surface area contributed by atoms with E-state index in [1.54, 1.807) is 13.0 Å². The molecule has 1 fully saturated rings. The molecule has 0 heterocycles. The number of hydrogen-bond acceptors (Lipinski definition) is 7. The SMILES string of the molecule is C=CCC(CC(=O)NC(C)CO)C(=O)NC1(COC(=O)C(CC=C)NC(=O)OCc2ccccc2)CCCC1. The second kappa shape index (κ2) is 16.3. The number of amides is 3. The van der Waals surface area contributed by atoms with Crippen LogP contribution >= 0.6 is 0 Å². The average Bonchev–Trinajstić information content (AvgIpc) is 3.39. The Bertz CT molecular complexity index is 976. The van der Waals surface area contributed by atoms with Crippen LogP contribution in [0.15, 0.2) is 55.6 Å². The molecule has 214 valence electrons. The lowest BCUT2D eigenvalue weighted by atomic mass is 9.94. The van der Waals surface area contributed by atoms with Crippen LogP contribution in [0.3, 0.4) is 0 Å². The number of nitrogens with one attached hydrogen (secondary N) is 3. The zero-order chi connectivity index (χ0) is 28.7. The Morgan fingerprint density at radius 1 is 1.03 bits per heavy atom. The van der Waals surface area contributed by atoms with Crippen LogP contribution in [-0.4, -0.2) is 59.8 Å². The number of hydrogen-bond donors (Lipinski definition) is 4. The molecule has 2 rings (SSSR count). The number of aliphatic hydroxyl groups is 1. The molecule has 3 atom stereocenters. The second-order valence-corrected chi connectivity index (χ2v) is 9.94. The molecule has 10 heteroatoms. The molecule has 0 spiro atoms. The van der Waals surface area contributed by atoms with Crippen LogP contribution in [-0.2, 0) is 30.5 Å². The van der Waals surface area contributed by atoms with E-state index >= 15 is 0 Å². The summed E-state index contributed by atoms with van der Waals surface area (Å²) in [5, 5.41) is 17.4. The number of alkyl carbamates (subject to hydrolysis) is 1. The third-order valence-electron chi connectivity index (χ3n) is 6.57. The summed E-state index contributed by atoms with van der Waals surface area (Å²) in [5.74, 6) is -1.99. The summed E-state index contributed by atoms with van der Waals surface area (Å²) in [6.45, 7) is 8.79. The van der Waals surface area contributed by atoms with Crippen molar-refractivity contribution in [3.8, 4) is 0 Å². The van der Waals surface area contributed by atoms with Gasteiger partial charge in [-0.05, 0) is 38.2 Å². The van der Waals surface area contributed by atoms with E-state index in [1.807, 2.05) is 30.3 Å². The number of ether oxygens (including phenoxy) is 2. The van der Waals surface area contributed by atoms with E-state index in [9.17, 15) is 19.2 Å². The predicted molar refractivity (Wildman–Crippen MR) is 146 cm³/mol. The van der Waals surface area contributed by atoms with Gasteiger partial charge < -0.3 is 30.5 Å². The first kappa shape index (κ1) is 31.6.